The van der Waals surface area contributed by atoms with E-state index in [9.17, 15) is 9.90 Å². The van der Waals surface area contributed by atoms with Crippen molar-refractivity contribution in [1.82, 2.24) is 5.32 Å². The van der Waals surface area contributed by atoms with E-state index in [1.807, 2.05) is 37.3 Å². The molecule has 1 aliphatic rings. The van der Waals surface area contributed by atoms with E-state index in [-0.39, 0.29) is 17.7 Å². The molecule has 0 saturated carbocycles. The van der Waals surface area contributed by atoms with Gasteiger partial charge in [-0.15, -0.1) is 0 Å². The van der Waals surface area contributed by atoms with E-state index in [2.05, 4.69) is 5.32 Å². The predicted molar refractivity (Wildman–Crippen MR) is 81.5 cm³/mol. The monoisotopic (exact) mass is 285 g/mol. The molecule has 2 aromatic carbocycles. The van der Waals surface area contributed by atoms with Gasteiger partial charge in [0.2, 0.25) is 0 Å². The number of carbonyl (C=O) groups excluding carboxylic acids is 1. The van der Waals surface area contributed by atoms with Crippen LogP contribution in [0.25, 0.3) is 10.8 Å². The lowest BCUT2D eigenvalue weighted by Crippen LogP contribution is -2.38. The first-order chi connectivity index (χ1) is 10.2. The number of hydrogen-bond donors (Lipinski definition) is 2. The van der Waals surface area contributed by atoms with E-state index in [1.165, 1.54) is 0 Å². The summed E-state index contributed by atoms with van der Waals surface area (Å²) in [6, 6.07) is 11.0. The Hall–Kier alpha value is -2.07. The standard InChI is InChI=1S/C17H19NO3/c1-11(13-8-9-21-10-13)18-17(20)15-7-6-12-4-2-3-5-14(12)16(15)19/h2-7,11,13,19H,8-10H2,1H3,(H,18,20). The number of aromatic hydroxyl groups is 1. The molecule has 110 valence electrons. The molecule has 2 unspecified atom stereocenters. The third-order valence-corrected chi connectivity index (χ3v) is 4.18. The summed E-state index contributed by atoms with van der Waals surface area (Å²) in [5.41, 5.74) is 0.319. The molecule has 2 aromatic rings. The summed E-state index contributed by atoms with van der Waals surface area (Å²) in [6.07, 6.45) is 0.963. The molecule has 1 heterocycles. The summed E-state index contributed by atoms with van der Waals surface area (Å²) < 4.78 is 5.35. The molecule has 4 heteroatoms. The van der Waals surface area contributed by atoms with E-state index in [1.54, 1.807) is 6.07 Å². The van der Waals surface area contributed by atoms with Crippen LogP contribution in [0.3, 0.4) is 0 Å². The average molecular weight is 285 g/mol. The van der Waals surface area contributed by atoms with E-state index in [4.69, 9.17) is 4.74 Å². The van der Waals surface area contributed by atoms with Crippen molar-refractivity contribution < 1.29 is 14.6 Å². The van der Waals surface area contributed by atoms with E-state index in [0.29, 0.717) is 23.5 Å². The first-order valence-electron chi connectivity index (χ1n) is 7.26. The van der Waals surface area contributed by atoms with Crippen LogP contribution >= 0.6 is 0 Å². The number of hydrogen-bond acceptors (Lipinski definition) is 3. The van der Waals surface area contributed by atoms with Gasteiger partial charge in [-0.2, -0.15) is 0 Å². The van der Waals surface area contributed by atoms with Crippen molar-refractivity contribution in [3.05, 3.63) is 42.0 Å². The van der Waals surface area contributed by atoms with E-state index in [0.717, 1.165) is 18.4 Å². The lowest BCUT2D eigenvalue weighted by atomic mass is 9.99. The van der Waals surface area contributed by atoms with Gasteiger partial charge in [0.1, 0.15) is 5.75 Å². The SMILES string of the molecule is CC(NC(=O)c1ccc2ccccc2c1O)C1CCOC1. The minimum atomic E-state index is -0.238. The molecule has 1 aliphatic heterocycles. The molecular formula is C17H19NO3. The lowest BCUT2D eigenvalue weighted by molar-refractivity contribution is 0.0920. The number of ether oxygens (including phenoxy) is 1. The van der Waals surface area contributed by atoms with Gasteiger partial charge < -0.3 is 15.2 Å². The minimum absolute atomic E-state index is 0.0332. The Morgan fingerprint density at radius 2 is 2.14 bits per heavy atom. The topological polar surface area (TPSA) is 58.6 Å². The number of fused-ring (bicyclic) bond motifs is 1. The first-order valence-corrected chi connectivity index (χ1v) is 7.26. The fourth-order valence-corrected chi connectivity index (χ4v) is 2.79. The van der Waals surface area contributed by atoms with E-state index >= 15 is 0 Å². The molecule has 2 atom stereocenters. The molecule has 1 amide bonds. The minimum Gasteiger partial charge on any atom is -0.506 e. The zero-order valence-electron chi connectivity index (χ0n) is 12.0. The average Bonchev–Trinajstić information content (AvgIpc) is 3.02. The third-order valence-electron chi connectivity index (χ3n) is 4.18. The smallest absolute Gasteiger partial charge is 0.255 e. The number of amides is 1. The van der Waals surface area contributed by atoms with Crippen LogP contribution in [0.2, 0.25) is 0 Å². The van der Waals surface area contributed by atoms with Crippen LogP contribution < -0.4 is 5.32 Å². The van der Waals surface area contributed by atoms with Crippen LogP contribution in [0, 0.1) is 5.92 Å². The Balaban J connectivity index is 1.82. The fourth-order valence-electron chi connectivity index (χ4n) is 2.79. The fraction of sp³-hybridized carbons (Fsp3) is 0.353. The Kier molecular flexibility index (Phi) is 3.80. The Morgan fingerprint density at radius 1 is 1.33 bits per heavy atom. The predicted octanol–water partition coefficient (Wildman–Crippen LogP) is 2.70. The number of nitrogens with one attached hydrogen (secondary N) is 1. The number of phenols is 1. The van der Waals surface area contributed by atoms with Gasteiger partial charge in [-0.3, -0.25) is 4.79 Å². The maximum absolute atomic E-state index is 12.4. The number of carbonyl (C=O) groups is 1. The van der Waals surface area contributed by atoms with Gasteiger partial charge in [0, 0.05) is 24.0 Å². The van der Waals surface area contributed by atoms with Crippen LogP contribution in [0.15, 0.2) is 36.4 Å². The van der Waals surface area contributed by atoms with Crippen molar-refractivity contribution in [2.24, 2.45) is 5.92 Å². The molecule has 3 rings (SSSR count). The van der Waals surface area contributed by atoms with Crippen molar-refractivity contribution in [3.63, 3.8) is 0 Å². The quantitative estimate of drug-likeness (QED) is 0.911. The second kappa shape index (κ2) is 5.74. The highest BCUT2D eigenvalue weighted by molar-refractivity contribution is 6.03. The molecule has 0 aliphatic carbocycles. The highest BCUT2D eigenvalue weighted by Gasteiger charge is 2.24. The van der Waals surface area contributed by atoms with Gasteiger partial charge in [0.15, 0.2) is 0 Å². The van der Waals surface area contributed by atoms with Crippen molar-refractivity contribution in [2.45, 2.75) is 19.4 Å². The zero-order chi connectivity index (χ0) is 14.8. The van der Waals surface area contributed by atoms with Crippen molar-refractivity contribution >= 4 is 16.7 Å². The first kappa shape index (κ1) is 13.9. The second-order valence-corrected chi connectivity index (χ2v) is 5.57. The summed E-state index contributed by atoms with van der Waals surface area (Å²) >= 11 is 0. The lowest BCUT2D eigenvalue weighted by Gasteiger charge is -2.19. The summed E-state index contributed by atoms with van der Waals surface area (Å²) in [6.45, 7) is 3.42. The van der Waals surface area contributed by atoms with Crippen molar-refractivity contribution in [2.75, 3.05) is 13.2 Å². The molecule has 0 radical (unpaired) electrons. The Bertz CT molecular complexity index is 662. The molecular weight excluding hydrogens is 266 g/mol. The molecule has 4 nitrogen and oxygen atoms in total. The summed E-state index contributed by atoms with van der Waals surface area (Å²) in [4.78, 5) is 12.4. The largest absolute Gasteiger partial charge is 0.506 e. The van der Waals surface area contributed by atoms with Gasteiger partial charge in [-0.1, -0.05) is 30.3 Å². The highest BCUT2D eigenvalue weighted by atomic mass is 16.5. The maximum atomic E-state index is 12.4. The van der Waals surface area contributed by atoms with Gasteiger partial charge >= 0.3 is 0 Å². The molecule has 2 N–H and O–H groups in total. The molecule has 0 spiro atoms. The zero-order valence-corrected chi connectivity index (χ0v) is 12.0. The molecule has 1 saturated heterocycles. The Labute approximate surface area is 123 Å². The summed E-state index contributed by atoms with van der Waals surface area (Å²) in [5.74, 6) is 0.148. The molecule has 21 heavy (non-hydrogen) atoms. The summed E-state index contributed by atoms with van der Waals surface area (Å²) in [7, 11) is 0. The molecule has 0 bridgehead atoms. The number of benzene rings is 2. The van der Waals surface area contributed by atoms with Gasteiger partial charge in [-0.25, -0.2) is 0 Å². The third kappa shape index (κ3) is 2.72. The van der Waals surface area contributed by atoms with Crippen LogP contribution in [0.1, 0.15) is 23.7 Å². The maximum Gasteiger partial charge on any atom is 0.255 e. The summed E-state index contributed by atoms with van der Waals surface area (Å²) in [5, 5.41) is 14.9. The highest BCUT2D eigenvalue weighted by Crippen LogP contribution is 2.28. The second-order valence-electron chi connectivity index (χ2n) is 5.57. The van der Waals surface area contributed by atoms with Crippen LogP contribution in [0.4, 0.5) is 0 Å². The Morgan fingerprint density at radius 3 is 2.90 bits per heavy atom. The molecule has 1 fully saturated rings. The van der Waals surface area contributed by atoms with Crippen LogP contribution in [-0.2, 0) is 4.74 Å². The number of rotatable bonds is 3. The molecule has 0 aromatic heterocycles. The van der Waals surface area contributed by atoms with E-state index < -0.39 is 0 Å². The van der Waals surface area contributed by atoms with Gasteiger partial charge in [0.05, 0.1) is 12.2 Å². The van der Waals surface area contributed by atoms with Gasteiger partial charge in [-0.05, 0) is 24.8 Å². The van der Waals surface area contributed by atoms with Crippen LogP contribution in [-0.4, -0.2) is 30.3 Å². The normalized spacial score (nSPS) is 19.6. The number of phenolic OH excluding ortho intramolecular Hbond substituents is 1. The van der Waals surface area contributed by atoms with Crippen LogP contribution in [0.5, 0.6) is 5.75 Å². The van der Waals surface area contributed by atoms with Gasteiger partial charge in [0.25, 0.3) is 5.91 Å². The van der Waals surface area contributed by atoms with Crippen molar-refractivity contribution in [3.8, 4) is 5.75 Å². The van der Waals surface area contributed by atoms with Crippen molar-refractivity contribution in [1.29, 1.82) is 0 Å².